The van der Waals surface area contributed by atoms with Crippen LogP contribution in [0.3, 0.4) is 0 Å². The molecule has 6 nitrogen and oxygen atoms in total. The Bertz CT molecular complexity index is 1220. The molecule has 1 heterocycles. The molecule has 0 spiro atoms. The zero-order valence-electron chi connectivity index (χ0n) is 20.4. The summed E-state index contributed by atoms with van der Waals surface area (Å²) in [7, 11) is 0. The van der Waals surface area contributed by atoms with Crippen LogP contribution in [0, 0.1) is 0 Å². The van der Waals surface area contributed by atoms with Gasteiger partial charge in [0.2, 0.25) is 0 Å². The van der Waals surface area contributed by atoms with Crippen molar-refractivity contribution < 1.29 is 24.9 Å². The first-order chi connectivity index (χ1) is 16.6. The number of benzene rings is 2. The molecule has 0 unspecified atom stereocenters. The summed E-state index contributed by atoms with van der Waals surface area (Å²) in [6.45, 7) is 5.32. The molecule has 3 N–H and O–H groups in total. The normalized spacial score (nSPS) is 15.9. The van der Waals surface area contributed by atoms with Crippen molar-refractivity contribution in [3.63, 3.8) is 0 Å². The maximum atomic E-state index is 12.0. The minimum Gasteiger partial charge on any atom is -0.508 e. The number of pyridine rings is 1. The highest BCUT2D eigenvalue weighted by Gasteiger charge is 2.29. The van der Waals surface area contributed by atoms with E-state index in [1.165, 1.54) is 0 Å². The second-order valence-electron chi connectivity index (χ2n) is 10.2. The number of aromatic nitrogens is 1. The van der Waals surface area contributed by atoms with E-state index in [0.29, 0.717) is 5.92 Å². The molecule has 184 valence electrons. The SMILES string of the molecule is CC(C)(C)OC(=O)C[C@H](O)C[C@H](O)/C=C/c1c(C2CC2)nc2ccccc2c1-c1ccc(O)cc1. The molecular formula is C29H33NO5. The third-order valence-corrected chi connectivity index (χ3v) is 5.90. The van der Waals surface area contributed by atoms with E-state index in [2.05, 4.69) is 0 Å². The third kappa shape index (κ3) is 6.47. The number of carbonyl (C=O) groups is 1. The standard InChI is InChI=1S/C29H33NO5/c1-29(2,3)35-26(34)17-22(33)16-21(32)14-15-24-27(18-10-12-20(31)13-11-18)23-6-4-5-7-25(23)30-28(24)19-8-9-19/h4-7,10-15,19,21-22,31-33H,8-9,16-17H2,1-3H3/b15-14+/t21-,22-/m1/s1. The van der Waals surface area contributed by atoms with Crippen LogP contribution in [0.25, 0.3) is 28.1 Å². The highest BCUT2D eigenvalue weighted by molar-refractivity contribution is 5.99. The Morgan fingerprint density at radius 3 is 2.46 bits per heavy atom. The van der Waals surface area contributed by atoms with Gasteiger partial charge in [0.1, 0.15) is 11.4 Å². The van der Waals surface area contributed by atoms with E-state index < -0.39 is 23.8 Å². The summed E-state index contributed by atoms with van der Waals surface area (Å²) >= 11 is 0. The number of fused-ring (bicyclic) bond motifs is 1. The molecule has 2 atom stereocenters. The van der Waals surface area contributed by atoms with Crippen molar-refractivity contribution in [3.8, 4) is 16.9 Å². The average Bonchev–Trinajstić information content (AvgIpc) is 3.61. The number of nitrogens with zero attached hydrogens (tertiary/aromatic N) is 1. The van der Waals surface area contributed by atoms with Gasteiger partial charge in [0.15, 0.2) is 0 Å². The highest BCUT2D eigenvalue weighted by Crippen LogP contribution is 2.45. The van der Waals surface area contributed by atoms with Gasteiger partial charge in [0, 0.05) is 28.9 Å². The van der Waals surface area contributed by atoms with Crippen molar-refractivity contribution in [2.75, 3.05) is 0 Å². The number of carbonyl (C=O) groups excluding carboxylic acids is 1. The molecule has 4 rings (SSSR count). The Labute approximate surface area is 205 Å². The maximum absolute atomic E-state index is 12.0. The van der Waals surface area contributed by atoms with Gasteiger partial charge in [-0.15, -0.1) is 0 Å². The first kappa shape index (κ1) is 24.9. The zero-order chi connectivity index (χ0) is 25.2. The molecule has 1 aliphatic rings. The fraction of sp³-hybridized carbons (Fsp3) is 0.379. The summed E-state index contributed by atoms with van der Waals surface area (Å²) in [5.41, 5.74) is 4.14. The molecule has 3 aromatic rings. The smallest absolute Gasteiger partial charge is 0.308 e. The Balaban J connectivity index is 1.64. The van der Waals surface area contributed by atoms with Crippen LogP contribution < -0.4 is 0 Å². The van der Waals surface area contributed by atoms with Crippen LogP contribution in [-0.2, 0) is 9.53 Å². The van der Waals surface area contributed by atoms with Crippen LogP contribution in [0.15, 0.2) is 54.6 Å². The molecule has 2 aromatic carbocycles. The molecule has 1 aliphatic carbocycles. The molecule has 1 aromatic heterocycles. The van der Waals surface area contributed by atoms with Gasteiger partial charge in [-0.3, -0.25) is 9.78 Å². The van der Waals surface area contributed by atoms with Crippen molar-refractivity contribution in [3.05, 3.63) is 65.9 Å². The molecule has 0 aliphatic heterocycles. The second-order valence-corrected chi connectivity index (χ2v) is 10.2. The molecule has 0 radical (unpaired) electrons. The highest BCUT2D eigenvalue weighted by atomic mass is 16.6. The van der Waals surface area contributed by atoms with E-state index in [1.54, 1.807) is 39.0 Å². The van der Waals surface area contributed by atoms with Crippen molar-refractivity contribution >= 4 is 22.9 Å². The van der Waals surface area contributed by atoms with Gasteiger partial charge in [-0.05, 0) is 57.4 Å². The number of para-hydroxylation sites is 1. The average molecular weight is 476 g/mol. The van der Waals surface area contributed by atoms with Gasteiger partial charge < -0.3 is 20.1 Å². The Morgan fingerprint density at radius 1 is 1.11 bits per heavy atom. The molecule has 6 heteroatoms. The third-order valence-electron chi connectivity index (χ3n) is 5.90. The topological polar surface area (TPSA) is 99.9 Å². The first-order valence-corrected chi connectivity index (χ1v) is 12.1. The van der Waals surface area contributed by atoms with E-state index in [9.17, 15) is 20.1 Å². The molecular weight excluding hydrogens is 442 g/mol. The number of aliphatic hydroxyl groups is 2. The summed E-state index contributed by atoms with van der Waals surface area (Å²) in [5.74, 6) is 0.0663. The lowest BCUT2D eigenvalue weighted by atomic mass is 9.92. The number of hydrogen-bond donors (Lipinski definition) is 3. The number of hydrogen-bond acceptors (Lipinski definition) is 6. The largest absolute Gasteiger partial charge is 0.508 e. The Hall–Kier alpha value is -3.22. The van der Waals surface area contributed by atoms with Crippen LogP contribution in [0.2, 0.25) is 0 Å². The number of phenolic OH excluding ortho intramolecular Hbond substituents is 1. The lowest BCUT2D eigenvalue weighted by molar-refractivity contribution is -0.157. The maximum Gasteiger partial charge on any atom is 0.308 e. The lowest BCUT2D eigenvalue weighted by Crippen LogP contribution is -2.27. The van der Waals surface area contributed by atoms with E-state index >= 15 is 0 Å². The number of aliphatic hydroxyl groups excluding tert-OH is 2. The monoisotopic (exact) mass is 475 g/mol. The van der Waals surface area contributed by atoms with Gasteiger partial charge in [0.05, 0.1) is 29.8 Å². The number of rotatable bonds is 8. The van der Waals surface area contributed by atoms with Crippen LogP contribution in [0.5, 0.6) is 5.75 Å². The quantitative estimate of drug-likeness (QED) is 0.380. The van der Waals surface area contributed by atoms with Crippen molar-refractivity contribution in [2.24, 2.45) is 0 Å². The van der Waals surface area contributed by atoms with Crippen LogP contribution in [0.4, 0.5) is 0 Å². The van der Waals surface area contributed by atoms with E-state index in [4.69, 9.17) is 9.72 Å². The summed E-state index contributed by atoms with van der Waals surface area (Å²) in [4.78, 5) is 17.0. The summed E-state index contributed by atoms with van der Waals surface area (Å²) in [6, 6.07) is 15.1. The van der Waals surface area contributed by atoms with Gasteiger partial charge in [-0.25, -0.2) is 0 Å². The van der Waals surface area contributed by atoms with Gasteiger partial charge in [-0.2, -0.15) is 0 Å². The fourth-order valence-electron chi connectivity index (χ4n) is 4.24. The first-order valence-electron chi connectivity index (χ1n) is 12.1. The van der Waals surface area contributed by atoms with Gasteiger partial charge in [0.25, 0.3) is 0 Å². The fourth-order valence-corrected chi connectivity index (χ4v) is 4.24. The van der Waals surface area contributed by atoms with Crippen LogP contribution in [-0.4, -0.2) is 44.1 Å². The zero-order valence-corrected chi connectivity index (χ0v) is 20.4. The van der Waals surface area contributed by atoms with Gasteiger partial charge >= 0.3 is 5.97 Å². The second kappa shape index (κ2) is 10.2. The van der Waals surface area contributed by atoms with Crippen LogP contribution in [0.1, 0.15) is 63.6 Å². The minimum atomic E-state index is -1.02. The number of ether oxygens (including phenoxy) is 1. The summed E-state index contributed by atoms with van der Waals surface area (Å²) in [5, 5.41) is 31.7. The minimum absolute atomic E-state index is 0.0179. The summed E-state index contributed by atoms with van der Waals surface area (Å²) < 4.78 is 5.26. The molecule has 1 saturated carbocycles. The Kier molecular flexibility index (Phi) is 7.24. The molecule has 35 heavy (non-hydrogen) atoms. The van der Waals surface area contributed by atoms with Crippen molar-refractivity contribution in [1.82, 2.24) is 4.98 Å². The van der Waals surface area contributed by atoms with E-state index in [0.717, 1.165) is 46.1 Å². The molecule has 0 bridgehead atoms. The predicted octanol–water partition coefficient (Wildman–Crippen LogP) is 5.34. The molecule has 0 amide bonds. The molecule has 1 fully saturated rings. The van der Waals surface area contributed by atoms with Crippen molar-refractivity contribution in [1.29, 1.82) is 0 Å². The number of esters is 1. The summed E-state index contributed by atoms with van der Waals surface area (Å²) in [6.07, 6.45) is 3.55. The number of phenols is 1. The van der Waals surface area contributed by atoms with E-state index in [-0.39, 0.29) is 18.6 Å². The van der Waals surface area contributed by atoms with Crippen LogP contribution >= 0.6 is 0 Å². The van der Waals surface area contributed by atoms with Gasteiger partial charge in [-0.1, -0.05) is 42.5 Å². The Morgan fingerprint density at radius 2 is 1.80 bits per heavy atom. The number of aromatic hydroxyl groups is 1. The van der Waals surface area contributed by atoms with E-state index in [1.807, 2.05) is 42.5 Å². The lowest BCUT2D eigenvalue weighted by Gasteiger charge is -2.21. The predicted molar refractivity (Wildman–Crippen MR) is 137 cm³/mol. The molecule has 0 saturated heterocycles. The van der Waals surface area contributed by atoms with Crippen molar-refractivity contribution in [2.45, 2.75) is 70.2 Å².